The number of rotatable bonds is 5. The van der Waals surface area contributed by atoms with Gasteiger partial charge >= 0.3 is 0 Å². The minimum atomic E-state index is -0.431. The van der Waals surface area contributed by atoms with Gasteiger partial charge in [0.05, 0.1) is 5.02 Å². The van der Waals surface area contributed by atoms with E-state index in [1.165, 1.54) is 22.9 Å². The van der Waals surface area contributed by atoms with Crippen LogP contribution in [0.3, 0.4) is 0 Å². The molecule has 1 aliphatic rings. The van der Waals surface area contributed by atoms with E-state index in [9.17, 15) is 4.79 Å². The number of carbonyl (C=O) groups excluding carboxylic acids is 1. The van der Waals surface area contributed by atoms with Crippen LogP contribution in [-0.2, 0) is 4.79 Å². The van der Waals surface area contributed by atoms with Crippen LogP contribution in [0.4, 0.5) is 0 Å². The van der Waals surface area contributed by atoms with E-state index in [4.69, 9.17) is 17.4 Å². The lowest BCUT2D eigenvalue weighted by atomic mass is 10.1. The molecule has 2 aromatic carbocycles. The first-order chi connectivity index (χ1) is 14.1. The summed E-state index contributed by atoms with van der Waals surface area (Å²) in [5, 5.41) is 9.06. The highest BCUT2D eigenvalue weighted by molar-refractivity contribution is 8.00. The molecule has 1 atom stereocenters. The SMILES string of the molecule is Nn1c(SC(C(=O)N2CCCCC2)c2ccccc2)nnc1-c1ccccc1Cl. The maximum absolute atomic E-state index is 13.3. The van der Waals surface area contributed by atoms with E-state index in [2.05, 4.69) is 10.2 Å². The van der Waals surface area contributed by atoms with Crippen molar-refractivity contribution in [3.8, 4) is 11.4 Å². The lowest BCUT2D eigenvalue weighted by Gasteiger charge is -2.30. The molecule has 8 heteroatoms. The van der Waals surface area contributed by atoms with Gasteiger partial charge in [-0.3, -0.25) is 4.79 Å². The highest BCUT2D eigenvalue weighted by Crippen LogP contribution is 2.37. The van der Waals surface area contributed by atoms with Crippen molar-refractivity contribution in [1.82, 2.24) is 19.8 Å². The van der Waals surface area contributed by atoms with Gasteiger partial charge in [0.25, 0.3) is 0 Å². The van der Waals surface area contributed by atoms with E-state index in [0.717, 1.165) is 31.5 Å². The minimum Gasteiger partial charge on any atom is -0.341 e. The van der Waals surface area contributed by atoms with Crippen molar-refractivity contribution in [1.29, 1.82) is 0 Å². The smallest absolute Gasteiger partial charge is 0.240 e. The summed E-state index contributed by atoms with van der Waals surface area (Å²) in [7, 11) is 0. The molecule has 6 nitrogen and oxygen atoms in total. The molecule has 1 aromatic heterocycles. The van der Waals surface area contributed by atoms with E-state index < -0.39 is 5.25 Å². The first kappa shape index (κ1) is 19.8. The second kappa shape index (κ2) is 8.88. The molecule has 0 spiro atoms. The van der Waals surface area contributed by atoms with Gasteiger partial charge in [0.1, 0.15) is 5.25 Å². The number of amides is 1. The van der Waals surface area contributed by atoms with Crippen LogP contribution in [0.1, 0.15) is 30.1 Å². The lowest BCUT2D eigenvalue weighted by molar-refractivity contribution is -0.131. The molecule has 0 aliphatic carbocycles. The van der Waals surface area contributed by atoms with Gasteiger partial charge in [-0.15, -0.1) is 10.2 Å². The fourth-order valence-corrected chi connectivity index (χ4v) is 4.72. The summed E-state index contributed by atoms with van der Waals surface area (Å²) in [6.45, 7) is 1.59. The Kier molecular flexibility index (Phi) is 6.06. The zero-order valence-corrected chi connectivity index (χ0v) is 17.4. The number of benzene rings is 2. The Balaban J connectivity index is 1.65. The van der Waals surface area contributed by atoms with Crippen molar-refractivity contribution >= 4 is 29.3 Å². The number of nitrogen functional groups attached to an aromatic ring is 1. The zero-order valence-electron chi connectivity index (χ0n) is 15.9. The molecule has 1 fully saturated rings. The fourth-order valence-electron chi connectivity index (χ4n) is 3.46. The number of piperidine rings is 1. The van der Waals surface area contributed by atoms with Crippen molar-refractivity contribution < 1.29 is 4.79 Å². The molecule has 150 valence electrons. The second-order valence-corrected chi connectivity index (χ2v) is 8.43. The van der Waals surface area contributed by atoms with E-state index in [0.29, 0.717) is 21.6 Å². The van der Waals surface area contributed by atoms with Crippen LogP contribution in [-0.4, -0.2) is 38.8 Å². The molecule has 1 amide bonds. The van der Waals surface area contributed by atoms with Crippen LogP contribution in [0.5, 0.6) is 0 Å². The Morgan fingerprint density at radius 3 is 2.41 bits per heavy atom. The molecule has 2 heterocycles. The second-order valence-electron chi connectivity index (χ2n) is 6.95. The van der Waals surface area contributed by atoms with Gasteiger partial charge < -0.3 is 10.7 Å². The predicted octanol–water partition coefficient (Wildman–Crippen LogP) is 4.16. The number of carbonyl (C=O) groups is 1. The molecule has 0 radical (unpaired) electrons. The molecule has 3 aromatic rings. The minimum absolute atomic E-state index is 0.0863. The molecule has 0 bridgehead atoms. The molecule has 2 N–H and O–H groups in total. The number of halogens is 1. The summed E-state index contributed by atoms with van der Waals surface area (Å²) in [5.74, 6) is 6.85. The molecular formula is C21H22ClN5OS. The van der Waals surface area contributed by atoms with Crippen molar-refractivity contribution in [2.75, 3.05) is 18.9 Å². The fraction of sp³-hybridized carbons (Fsp3) is 0.286. The van der Waals surface area contributed by atoms with Gasteiger partial charge in [-0.2, -0.15) is 0 Å². The summed E-state index contributed by atoms with van der Waals surface area (Å²) < 4.78 is 1.41. The van der Waals surface area contributed by atoms with E-state index >= 15 is 0 Å². The Labute approximate surface area is 179 Å². The highest BCUT2D eigenvalue weighted by atomic mass is 35.5. The van der Waals surface area contributed by atoms with Gasteiger partial charge in [0, 0.05) is 18.7 Å². The van der Waals surface area contributed by atoms with E-state index in [-0.39, 0.29) is 5.91 Å². The van der Waals surface area contributed by atoms with Crippen LogP contribution < -0.4 is 5.84 Å². The van der Waals surface area contributed by atoms with Gasteiger partial charge in [-0.05, 0) is 37.0 Å². The predicted molar refractivity (Wildman–Crippen MR) is 116 cm³/mol. The Morgan fingerprint density at radius 1 is 1.00 bits per heavy atom. The van der Waals surface area contributed by atoms with E-state index in [1.54, 1.807) is 6.07 Å². The van der Waals surface area contributed by atoms with Gasteiger partial charge in [-0.1, -0.05) is 65.8 Å². The summed E-state index contributed by atoms with van der Waals surface area (Å²) in [5.41, 5.74) is 1.63. The molecule has 1 saturated heterocycles. The van der Waals surface area contributed by atoms with Crippen LogP contribution in [0.2, 0.25) is 5.02 Å². The van der Waals surface area contributed by atoms with Crippen LogP contribution >= 0.6 is 23.4 Å². The van der Waals surface area contributed by atoms with Crippen molar-refractivity contribution in [2.24, 2.45) is 0 Å². The first-order valence-electron chi connectivity index (χ1n) is 9.61. The molecule has 4 rings (SSSR count). The van der Waals surface area contributed by atoms with Crippen LogP contribution in [0, 0.1) is 0 Å². The van der Waals surface area contributed by atoms with Gasteiger partial charge in [0.15, 0.2) is 5.82 Å². The third-order valence-corrected chi connectivity index (χ3v) is 6.53. The highest BCUT2D eigenvalue weighted by Gasteiger charge is 2.30. The number of nitrogens with zero attached hydrogens (tertiary/aromatic N) is 4. The Hall–Kier alpha value is -2.51. The summed E-state index contributed by atoms with van der Waals surface area (Å²) in [4.78, 5) is 15.3. The molecule has 1 aliphatic heterocycles. The van der Waals surface area contributed by atoms with Crippen molar-refractivity contribution in [3.63, 3.8) is 0 Å². The molecule has 1 unspecified atom stereocenters. The van der Waals surface area contributed by atoms with Crippen molar-refractivity contribution in [2.45, 2.75) is 29.7 Å². The topological polar surface area (TPSA) is 77.0 Å². The zero-order chi connectivity index (χ0) is 20.2. The van der Waals surface area contributed by atoms with Crippen molar-refractivity contribution in [3.05, 3.63) is 65.2 Å². The number of hydrogen-bond acceptors (Lipinski definition) is 5. The summed E-state index contributed by atoms with van der Waals surface area (Å²) in [6.07, 6.45) is 3.26. The third kappa shape index (κ3) is 4.26. The average molecular weight is 428 g/mol. The van der Waals surface area contributed by atoms with Gasteiger partial charge in [-0.25, -0.2) is 4.68 Å². The monoisotopic (exact) mass is 427 g/mol. The largest absolute Gasteiger partial charge is 0.341 e. The standard InChI is InChI=1S/C21H22ClN5OS/c22-17-12-6-5-11-16(17)19-24-25-21(27(19)23)29-18(15-9-3-1-4-10-15)20(28)26-13-7-2-8-14-26/h1,3-6,9-12,18H,2,7-8,13-14,23H2. The normalized spacial score (nSPS) is 15.3. The van der Waals surface area contributed by atoms with Crippen LogP contribution in [0.15, 0.2) is 59.8 Å². The Morgan fingerprint density at radius 2 is 1.69 bits per heavy atom. The third-order valence-electron chi connectivity index (χ3n) is 5.00. The number of hydrogen-bond donors (Lipinski definition) is 1. The molecule has 29 heavy (non-hydrogen) atoms. The Bertz CT molecular complexity index is 988. The maximum atomic E-state index is 13.3. The number of aromatic nitrogens is 3. The lowest BCUT2D eigenvalue weighted by Crippen LogP contribution is -2.38. The molecule has 0 saturated carbocycles. The van der Waals surface area contributed by atoms with Gasteiger partial charge in [0.2, 0.25) is 11.1 Å². The maximum Gasteiger partial charge on any atom is 0.240 e. The number of thioether (sulfide) groups is 1. The summed E-state index contributed by atoms with van der Waals surface area (Å²) >= 11 is 7.61. The first-order valence-corrected chi connectivity index (χ1v) is 10.9. The van der Waals surface area contributed by atoms with Crippen LogP contribution in [0.25, 0.3) is 11.4 Å². The summed E-state index contributed by atoms with van der Waals surface area (Å²) in [6, 6.07) is 17.1. The average Bonchev–Trinajstić information content (AvgIpc) is 3.13. The van der Waals surface area contributed by atoms with E-state index in [1.807, 2.05) is 53.4 Å². The quantitative estimate of drug-likeness (QED) is 0.488. The molecular weight excluding hydrogens is 406 g/mol. The number of likely N-dealkylation sites (tertiary alicyclic amines) is 1. The number of nitrogens with two attached hydrogens (primary N) is 1.